The SMILES string of the molecule is CCCNC(c1cc(F)ccc1F)c1ncccc1Cl. The molecule has 5 heteroatoms. The van der Waals surface area contributed by atoms with E-state index < -0.39 is 17.7 Å². The molecule has 0 aliphatic heterocycles. The van der Waals surface area contributed by atoms with Crippen molar-refractivity contribution in [2.45, 2.75) is 19.4 Å². The number of nitrogens with one attached hydrogen (secondary N) is 1. The van der Waals surface area contributed by atoms with E-state index in [4.69, 9.17) is 11.6 Å². The minimum absolute atomic E-state index is 0.207. The summed E-state index contributed by atoms with van der Waals surface area (Å²) in [5.41, 5.74) is 0.700. The van der Waals surface area contributed by atoms with E-state index in [0.717, 1.165) is 18.6 Å². The molecule has 1 aromatic carbocycles. The van der Waals surface area contributed by atoms with Gasteiger partial charge in [-0.1, -0.05) is 18.5 Å². The summed E-state index contributed by atoms with van der Waals surface area (Å²) < 4.78 is 27.4. The van der Waals surface area contributed by atoms with E-state index in [-0.39, 0.29) is 5.56 Å². The summed E-state index contributed by atoms with van der Waals surface area (Å²) in [4.78, 5) is 4.20. The van der Waals surface area contributed by atoms with Gasteiger partial charge in [-0.2, -0.15) is 0 Å². The summed E-state index contributed by atoms with van der Waals surface area (Å²) >= 11 is 6.12. The molecule has 0 fully saturated rings. The molecule has 1 N–H and O–H groups in total. The van der Waals surface area contributed by atoms with E-state index in [1.807, 2.05) is 6.92 Å². The predicted molar refractivity (Wildman–Crippen MR) is 75.7 cm³/mol. The average molecular weight is 297 g/mol. The van der Waals surface area contributed by atoms with E-state index in [1.54, 1.807) is 18.3 Å². The minimum atomic E-state index is -0.570. The lowest BCUT2D eigenvalue weighted by Gasteiger charge is -2.20. The summed E-state index contributed by atoms with van der Waals surface area (Å²) in [5.74, 6) is -0.974. The lowest BCUT2D eigenvalue weighted by Crippen LogP contribution is -2.25. The van der Waals surface area contributed by atoms with Crippen LogP contribution in [0.2, 0.25) is 5.02 Å². The molecule has 0 bridgehead atoms. The van der Waals surface area contributed by atoms with Crippen molar-refractivity contribution in [1.29, 1.82) is 0 Å². The van der Waals surface area contributed by atoms with E-state index in [9.17, 15) is 8.78 Å². The van der Waals surface area contributed by atoms with Crippen molar-refractivity contribution in [2.24, 2.45) is 0 Å². The highest BCUT2D eigenvalue weighted by atomic mass is 35.5. The van der Waals surface area contributed by atoms with Crippen molar-refractivity contribution in [3.05, 3.63) is 64.4 Å². The van der Waals surface area contributed by atoms with Gasteiger partial charge in [-0.15, -0.1) is 0 Å². The molecule has 0 amide bonds. The summed E-state index contributed by atoms with van der Waals surface area (Å²) in [5, 5.41) is 3.58. The lowest BCUT2D eigenvalue weighted by atomic mass is 10.0. The standard InChI is InChI=1S/C15H15ClF2N2/c1-2-7-19-14(15-12(16)4-3-8-20-15)11-9-10(17)5-6-13(11)18/h3-6,8-9,14,19H,2,7H2,1H3. The Morgan fingerprint density at radius 2 is 2.10 bits per heavy atom. The van der Waals surface area contributed by atoms with Crippen LogP contribution in [0.1, 0.15) is 30.6 Å². The Morgan fingerprint density at radius 1 is 1.30 bits per heavy atom. The molecule has 1 unspecified atom stereocenters. The zero-order valence-corrected chi connectivity index (χ0v) is 11.8. The van der Waals surface area contributed by atoms with Crippen molar-refractivity contribution in [2.75, 3.05) is 6.54 Å². The fraction of sp³-hybridized carbons (Fsp3) is 0.267. The maximum atomic E-state index is 14.0. The van der Waals surface area contributed by atoms with E-state index in [0.29, 0.717) is 17.3 Å². The zero-order chi connectivity index (χ0) is 14.5. The number of rotatable bonds is 5. The molecule has 2 rings (SSSR count). The first-order valence-electron chi connectivity index (χ1n) is 6.42. The Hall–Kier alpha value is -1.52. The molecule has 0 aliphatic rings. The van der Waals surface area contributed by atoms with E-state index >= 15 is 0 Å². The molecule has 2 nitrogen and oxygen atoms in total. The monoisotopic (exact) mass is 296 g/mol. The highest BCUT2D eigenvalue weighted by Gasteiger charge is 2.21. The Labute approximate surface area is 121 Å². The van der Waals surface area contributed by atoms with Gasteiger partial charge in [0.1, 0.15) is 11.6 Å². The van der Waals surface area contributed by atoms with Crippen LogP contribution in [0, 0.1) is 11.6 Å². The van der Waals surface area contributed by atoms with Gasteiger partial charge >= 0.3 is 0 Å². The van der Waals surface area contributed by atoms with Crippen LogP contribution in [-0.4, -0.2) is 11.5 Å². The number of hydrogen-bond donors (Lipinski definition) is 1. The van der Waals surface area contributed by atoms with Gasteiger partial charge in [0.2, 0.25) is 0 Å². The van der Waals surface area contributed by atoms with Crippen LogP contribution in [-0.2, 0) is 0 Å². The zero-order valence-electron chi connectivity index (χ0n) is 11.0. The quantitative estimate of drug-likeness (QED) is 0.898. The van der Waals surface area contributed by atoms with Gasteiger partial charge in [0.05, 0.1) is 16.8 Å². The second kappa shape index (κ2) is 6.77. The molecule has 0 saturated carbocycles. The van der Waals surface area contributed by atoms with Crippen molar-refractivity contribution in [3.8, 4) is 0 Å². The Morgan fingerprint density at radius 3 is 2.80 bits per heavy atom. The lowest BCUT2D eigenvalue weighted by molar-refractivity contribution is 0.529. The molecule has 1 aromatic heterocycles. The van der Waals surface area contributed by atoms with Crippen molar-refractivity contribution in [3.63, 3.8) is 0 Å². The second-order valence-corrected chi connectivity index (χ2v) is 4.83. The Kier molecular flexibility index (Phi) is 5.04. The molecule has 0 aliphatic carbocycles. The van der Waals surface area contributed by atoms with Crippen molar-refractivity contribution >= 4 is 11.6 Å². The van der Waals surface area contributed by atoms with Crippen LogP contribution in [0.15, 0.2) is 36.5 Å². The number of benzene rings is 1. The number of hydrogen-bond acceptors (Lipinski definition) is 2. The Bertz CT molecular complexity index is 590. The third kappa shape index (κ3) is 3.32. The topological polar surface area (TPSA) is 24.9 Å². The third-order valence-corrected chi connectivity index (χ3v) is 3.25. The Balaban J connectivity index is 2.47. The first kappa shape index (κ1) is 14.9. The number of aromatic nitrogens is 1. The summed E-state index contributed by atoms with van der Waals surface area (Å²) in [7, 11) is 0. The summed E-state index contributed by atoms with van der Waals surface area (Å²) in [6, 6.07) is 6.19. The molecule has 20 heavy (non-hydrogen) atoms. The molecule has 0 saturated heterocycles. The third-order valence-electron chi connectivity index (χ3n) is 2.93. The normalized spacial score (nSPS) is 12.4. The van der Waals surface area contributed by atoms with Gasteiger partial charge in [0, 0.05) is 11.8 Å². The van der Waals surface area contributed by atoms with E-state index in [2.05, 4.69) is 10.3 Å². The van der Waals surface area contributed by atoms with Crippen LogP contribution < -0.4 is 5.32 Å². The molecule has 0 spiro atoms. The highest BCUT2D eigenvalue weighted by molar-refractivity contribution is 6.31. The molecular weight excluding hydrogens is 282 g/mol. The molecule has 106 valence electrons. The first-order valence-corrected chi connectivity index (χ1v) is 6.80. The molecule has 0 radical (unpaired) electrons. The van der Waals surface area contributed by atoms with Crippen LogP contribution in [0.3, 0.4) is 0 Å². The van der Waals surface area contributed by atoms with Gasteiger partial charge in [0.15, 0.2) is 0 Å². The van der Waals surface area contributed by atoms with Gasteiger partial charge in [0.25, 0.3) is 0 Å². The van der Waals surface area contributed by atoms with Crippen LogP contribution in [0.5, 0.6) is 0 Å². The number of halogens is 3. The molecule has 1 atom stereocenters. The number of nitrogens with zero attached hydrogens (tertiary/aromatic N) is 1. The summed E-state index contributed by atoms with van der Waals surface area (Å²) in [6.45, 7) is 2.64. The number of pyridine rings is 1. The summed E-state index contributed by atoms with van der Waals surface area (Å²) in [6.07, 6.45) is 2.44. The minimum Gasteiger partial charge on any atom is -0.305 e. The van der Waals surface area contributed by atoms with Gasteiger partial charge in [-0.3, -0.25) is 4.98 Å². The van der Waals surface area contributed by atoms with Crippen LogP contribution in [0.4, 0.5) is 8.78 Å². The van der Waals surface area contributed by atoms with Crippen molar-refractivity contribution in [1.82, 2.24) is 10.3 Å². The average Bonchev–Trinajstić information content (AvgIpc) is 2.44. The van der Waals surface area contributed by atoms with Crippen molar-refractivity contribution < 1.29 is 8.78 Å². The van der Waals surface area contributed by atoms with Crippen LogP contribution >= 0.6 is 11.6 Å². The second-order valence-electron chi connectivity index (χ2n) is 4.42. The van der Waals surface area contributed by atoms with Gasteiger partial charge in [-0.05, 0) is 43.3 Å². The predicted octanol–water partition coefficient (Wildman–Crippen LogP) is 4.10. The molecule has 2 aromatic rings. The largest absolute Gasteiger partial charge is 0.305 e. The molecule has 1 heterocycles. The first-order chi connectivity index (χ1) is 9.63. The maximum absolute atomic E-state index is 14.0. The van der Waals surface area contributed by atoms with Crippen LogP contribution in [0.25, 0.3) is 0 Å². The maximum Gasteiger partial charge on any atom is 0.128 e. The highest BCUT2D eigenvalue weighted by Crippen LogP contribution is 2.28. The van der Waals surface area contributed by atoms with E-state index in [1.165, 1.54) is 6.07 Å². The smallest absolute Gasteiger partial charge is 0.128 e. The fourth-order valence-electron chi connectivity index (χ4n) is 1.99. The molecular formula is C15H15ClF2N2. The van der Waals surface area contributed by atoms with Gasteiger partial charge < -0.3 is 5.32 Å². The fourth-order valence-corrected chi connectivity index (χ4v) is 2.22. The van der Waals surface area contributed by atoms with Gasteiger partial charge in [-0.25, -0.2) is 8.78 Å².